The minimum Gasteiger partial charge on any atom is -0.394 e. The summed E-state index contributed by atoms with van der Waals surface area (Å²) < 4.78 is 0. The summed E-state index contributed by atoms with van der Waals surface area (Å²) in [6, 6.07) is 4.97. The molecule has 1 atom stereocenters. The van der Waals surface area contributed by atoms with Crippen molar-refractivity contribution in [1.82, 2.24) is 15.3 Å². The van der Waals surface area contributed by atoms with Crippen molar-refractivity contribution in [1.29, 1.82) is 0 Å². The van der Waals surface area contributed by atoms with Crippen molar-refractivity contribution in [3.63, 3.8) is 0 Å². The molecule has 0 fully saturated rings. The lowest BCUT2D eigenvalue weighted by Gasteiger charge is -2.11. The molecule has 5 heteroatoms. The number of nitrogens with one attached hydrogen (secondary N) is 1. The molecule has 1 aromatic carbocycles. The fraction of sp³-hybridized carbons (Fsp3) is 0.250. The molecule has 0 bridgehead atoms. The Bertz CT molecular complexity index is 537. The van der Waals surface area contributed by atoms with Crippen molar-refractivity contribution in [3.05, 3.63) is 36.2 Å². The minimum atomic E-state index is -0.283. The standard InChI is InChI=1S/C12H13N3O2/c1-8(7-16)15-12(17)9-3-2-4-10-11(9)14-6-5-13-10/h2-6,8,16H,7H2,1H3,(H,15,17)/t8-/m1/s1. The van der Waals surface area contributed by atoms with E-state index in [2.05, 4.69) is 15.3 Å². The fourth-order valence-corrected chi connectivity index (χ4v) is 1.52. The third kappa shape index (κ3) is 2.39. The van der Waals surface area contributed by atoms with Crippen LogP contribution in [0.2, 0.25) is 0 Å². The number of nitrogens with zero attached hydrogens (tertiary/aromatic N) is 2. The predicted molar refractivity (Wildman–Crippen MR) is 63.6 cm³/mol. The summed E-state index contributed by atoms with van der Waals surface area (Å²) in [6.45, 7) is 1.64. The van der Waals surface area contributed by atoms with Gasteiger partial charge in [-0.3, -0.25) is 14.8 Å². The molecule has 0 unspecified atom stereocenters. The second kappa shape index (κ2) is 4.88. The van der Waals surface area contributed by atoms with Crippen molar-refractivity contribution >= 4 is 16.9 Å². The molecule has 88 valence electrons. The maximum Gasteiger partial charge on any atom is 0.253 e. The maximum absolute atomic E-state index is 11.9. The van der Waals surface area contributed by atoms with Crippen molar-refractivity contribution < 1.29 is 9.90 Å². The molecule has 2 aromatic rings. The fourth-order valence-electron chi connectivity index (χ4n) is 1.52. The first-order valence-corrected chi connectivity index (χ1v) is 5.34. The molecular formula is C12H13N3O2. The van der Waals surface area contributed by atoms with Gasteiger partial charge in [-0.05, 0) is 19.1 Å². The summed E-state index contributed by atoms with van der Waals surface area (Å²) in [6.07, 6.45) is 3.13. The van der Waals surface area contributed by atoms with Crippen LogP contribution in [0.1, 0.15) is 17.3 Å². The second-order valence-electron chi connectivity index (χ2n) is 3.79. The smallest absolute Gasteiger partial charge is 0.253 e. The van der Waals surface area contributed by atoms with Crippen LogP contribution in [0.25, 0.3) is 11.0 Å². The number of aromatic nitrogens is 2. The van der Waals surface area contributed by atoms with E-state index in [-0.39, 0.29) is 18.6 Å². The van der Waals surface area contributed by atoms with Crippen LogP contribution in [-0.2, 0) is 0 Å². The van der Waals surface area contributed by atoms with Crippen molar-refractivity contribution in [2.75, 3.05) is 6.61 Å². The van der Waals surface area contributed by atoms with Gasteiger partial charge in [0.05, 0.1) is 17.7 Å². The van der Waals surface area contributed by atoms with Crippen LogP contribution in [0.3, 0.4) is 0 Å². The van der Waals surface area contributed by atoms with E-state index in [0.717, 1.165) is 0 Å². The molecule has 5 nitrogen and oxygen atoms in total. The van der Waals surface area contributed by atoms with E-state index in [4.69, 9.17) is 5.11 Å². The van der Waals surface area contributed by atoms with Gasteiger partial charge in [-0.2, -0.15) is 0 Å². The number of hydrogen-bond donors (Lipinski definition) is 2. The van der Waals surface area contributed by atoms with Crippen LogP contribution >= 0.6 is 0 Å². The number of para-hydroxylation sites is 1. The van der Waals surface area contributed by atoms with Gasteiger partial charge in [0.25, 0.3) is 5.91 Å². The number of carbonyl (C=O) groups is 1. The Balaban J connectivity index is 2.38. The zero-order chi connectivity index (χ0) is 12.3. The van der Waals surface area contributed by atoms with E-state index in [0.29, 0.717) is 16.6 Å². The van der Waals surface area contributed by atoms with E-state index < -0.39 is 0 Å². The quantitative estimate of drug-likeness (QED) is 0.817. The van der Waals surface area contributed by atoms with Crippen molar-refractivity contribution in [2.24, 2.45) is 0 Å². The van der Waals surface area contributed by atoms with Crippen molar-refractivity contribution in [3.8, 4) is 0 Å². The normalized spacial score (nSPS) is 12.4. The van der Waals surface area contributed by atoms with Gasteiger partial charge in [0.15, 0.2) is 0 Å². The zero-order valence-corrected chi connectivity index (χ0v) is 9.42. The largest absolute Gasteiger partial charge is 0.394 e. The van der Waals surface area contributed by atoms with Crippen molar-refractivity contribution in [2.45, 2.75) is 13.0 Å². The molecule has 1 amide bonds. The Morgan fingerprint density at radius 3 is 2.94 bits per heavy atom. The predicted octanol–water partition coefficient (Wildman–Crippen LogP) is 0.740. The van der Waals surface area contributed by atoms with E-state index in [1.165, 1.54) is 0 Å². The van der Waals surface area contributed by atoms with Crippen LogP contribution in [0.15, 0.2) is 30.6 Å². The molecule has 17 heavy (non-hydrogen) atoms. The molecule has 2 N–H and O–H groups in total. The van der Waals surface area contributed by atoms with Gasteiger partial charge < -0.3 is 10.4 Å². The highest BCUT2D eigenvalue weighted by molar-refractivity contribution is 6.04. The highest BCUT2D eigenvalue weighted by Crippen LogP contribution is 2.13. The molecule has 0 aliphatic heterocycles. The van der Waals surface area contributed by atoms with E-state index in [1.807, 2.05) is 0 Å². The zero-order valence-electron chi connectivity index (χ0n) is 9.42. The Morgan fingerprint density at radius 2 is 2.18 bits per heavy atom. The first-order valence-electron chi connectivity index (χ1n) is 5.34. The summed E-state index contributed by atoms with van der Waals surface area (Å²) in [5, 5.41) is 11.6. The highest BCUT2D eigenvalue weighted by Gasteiger charge is 2.13. The Kier molecular flexibility index (Phi) is 3.30. The lowest BCUT2D eigenvalue weighted by Crippen LogP contribution is -2.35. The second-order valence-corrected chi connectivity index (χ2v) is 3.79. The first-order chi connectivity index (χ1) is 8.22. The highest BCUT2D eigenvalue weighted by atomic mass is 16.3. The third-order valence-electron chi connectivity index (χ3n) is 2.39. The molecule has 0 radical (unpaired) electrons. The molecule has 1 aromatic heterocycles. The Hall–Kier alpha value is -2.01. The molecule has 1 heterocycles. The number of carbonyl (C=O) groups excluding carboxylic acids is 1. The molecule has 0 aliphatic carbocycles. The SMILES string of the molecule is C[C@H](CO)NC(=O)c1cccc2nccnc12. The summed E-state index contributed by atoms with van der Waals surface area (Å²) in [7, 11) is 0. The summed E-state index contributed by atoms with van der Waals surface area (Å²) in [5.74, 6) is -0.252. The third-order valence-corrected chi connectivity index (χ3v) is 2.39. The Labute approximate surface area is 98.5 Å². The van der Waals surface area contributed by atoms with Crippen LogP contribution in [0.4, 0.5) is 0 Å². The average molecular weight is 231 g/mol. The van der Waals surface area contributed by atoms with Gasteiger partial charge in [-0.15, -0.1) is 0 Å². The van der Waals surface area contributed by atoms with Crippen LogP contribution in [0.5, 0.6) is 0 Å². The lowest BCUT2D eigenvalue weighted by atomic mass is 10.1. The van der Waals surface area contributed by atoms with E-state index >= 15 is 0 Å². The summed E-state index contributed by atoms with van der Waals surface area (Å²) in [5.41, 5.74) is 1.71. The topological polar surface area (TPSA) is 75.1 Å². The van der Waals surface area contributed by atoms with E-state index in [1.54, 1.807) is 37.5 Å². The number of aliphatic hydroxyl groups is 1. The van der Waals surface area contributed by atoms with Gasteiger partial charge in [-0.25, -0.2) is 0 Å². The molecule has 0 saturated heterocycles. The van der Waals surface area contributed by atoms with E-state index in [9.17, 15) is 4.79 Å². The minimum absolute atomic E-state index is 0.0951. The number of rotatable bonds is 3. The number of benzene rings is 1. The van der Waals surface area contributed by atoms with Gasteiger partial charge in [0.2, 0.25) is 0 Å². The average Bonchev–Trinajstić information content (AvgIpc) is 2.37. The van der Waals surface area contributed by atoms with Crippen LogP contribution < -0.4 is 5.32 Å². The van der Waals surface area contributed by atoms with Crippen LogP contribution in [0, 0.1) is 0 Å². The molecular weight excluding hydrogens is 218 g/mol. The van der Waals surface area contributed by atoms with Gasteiger partial charge in [0.1, 0.15) is 5.52 Å². The number of hydrogen-bond acceptors (Lipinski definition) is 4. The van der Waals surface area contributed by atoms with Crippen LogP contribution in [-0.4, -0.2) is 33.6 Å². The molecule has 0 spiro atoms. The van der Waals surface area contributed by atoms with Gasteiger partial charge in [0, 0.05) is 18.4 Å². The number of aliphatic hydroxyl groups excluding tert-OH is 1. The number of amides is 1. The Morgan fingerprint density at radius 1 is 1.41 bits per heavy atom. The molecule has 0 aliphatic rings. The maximum atomic E-state index is 11.9. The monoisotopic (exact) mass is 231 g/mol. The summed E-state index contributed by atoms with van der Waals surface area (Å²) in [4.78, 5) is 20.2. The molecule has 2 rings (SSSR count). The summed E-state index contributed by atoms with van der Waals surface area (Å²) >= 11 is 0. The molecule has 0 saturated carbocycles. The number of fused-ring (bicyclic) bond motifs is 1. The van der Waals surface area contributed by atoms with Gasteiger partial charge >= 0.3 is 0 Å². The van der Waals surface area contributed by atoms with Gasteiger partial charge in [-0.1, -0.05) is 6.07 Å². The lowest BCUT2D eigenvalue weighted by molar-refractivity contribution is 0.0924. The first kappa shape index (κ1) is 11.5.